The van der Waals surface area contributed by atoms with Gasteiger partial charge in [-0.1, -0.05) is 37.6 Å². The summed E-state index contributed by atoms with van der Waals surface area (Å²) in [6, 6.07) is 13.6. The Morgan fingerprint density at radius 3 is 2.11 bits per heavy atom. The van der Waals surface area contributed by atoms with Gasteiger partial charge in [0.2, 0.25) is 5.91 Å². The number of rotatable bonds is 9. The van der Waals surface area contributed by atoms with Crippen LogP contribution in [0.2, 0.25) is 5.02 Å². The van der Waals surface area contributed by atoms with Crippen LogP contribution in [-0.2, 0) is 20.0 Å². The molecule has 0 aliphatic heterocycles. The standard InChI is InChI=1S/C21H26ClNO4S/c1-4-21(5-2,16-6-8-17(22)9-7-16)20(24)23-14-15-27-18-10-12-19(13-11-18)28(3,25)26/h6-13H,4-5,14-15H2,1-3H3,(H,23,24). The summed E-state index contributed by atoms with van der Waals surface area (Å²) >= 11 is 5.97. The normalized spacial score (nSPS) is 11.9. The van der Waals surface area contributed by atoms with Crippen molar-refractivity contribution < 1.29 is 17.9 Å². The first kappa shape index (κ1) is 22.2. The average Bonchev–Trinajstić information content (AvgIpc) is 2.67. The molecule has 0 aliphatic carbocycles. The van der Waals surface area contributed by atoms with E-state index >= 15 is 0 Å². The van der Waals surface area contributed by atoms with Crippen molar-refractivity contribution in [2.24, 2.45) is 0 Å². The van der Waals surface area contributed by atoms with Crippen LogP contribution in [0.5, 0.6) is 5.75 Å². The van der Waals surface area contributed by atoms with Crippen molar-refractivity contribution in [1.82, 2.24) is 5.32 Å². The van der Waals surface area contributed by atoms with Gasteiger partial charge in [0, 0.05) is 11.3 Å². The maximum Gasteiger partial charge on any atom is 0.230 e. The number of sulfone groups is 1. The summed E-state index contributed by atoms with van der Waals surface area (Å²) < 4.78 is 28.5. The van der Waals surface area contributed by atoms with Crippen LogP contribution < -0.4 is 10.1 Å². The Hall–Kier alpha value is -2.05. The van der Waals surface area contributed by atoms with E-state index in [0.717, 1.165) is 11.8 Å². The fraction of sp³-hybridized carbons (Fsp3) is 0.381. The number of benzene rings is 2. The van der Waals surface area contributed by atoms with Crippen LogP contribution in [-0.4, -0.2) is 33.7 Å². The summed E-state index contributed by atoms with van der Waals surface area (Å²) in [5.41, 5.74) is 0.332. The van der Waals surface area contributed by atoms with Crippen LogP contribution in [0.15, 0.2) is 53.4 Å². The van der Waals surface area contributed by atoms with Crippen molar-refractivity contribution in [2.45, 2.75) is 37.0 Å². The van der Waals surface area contributed by atoms with E-state index in [9.17, 15) is 13.2 Å². The molecule has 0 aliphatic rings. The molecular weight excluding hydrogens is 398 g/mol. The smallest absolute Gasteiger partial charge is 0.230 e. The van der Waals surface area contributed by atoms with Crippen molar-refractivity contribution in [3.8, 4) is 5.75 Å². The number of ether oxygens (including phenoxy) is 1. The minimum absolute atomic E-state index is 0.0455. The van der Waals surface area contributed by atoms with Crippen molar-refractivity contribution in [3.05, 3.63) is 59.1 Å². The Kier molecular flexibility index (Phi) is 7.49. The molecule has 28 heavy (non-hydrogen) atoms. The first-order valence-electron chi connectivity index (χ1n) is 9.20. The Labute approximate surface area is 172 Å². The van der Waals surface area contributed by atoms with Crippen LogP contribution in [0.1, 0.15) is 32.3 Å². The van der Waals surface area contributed by atoms with Gasteiger partial charge in [-0.25, -0.2) is 8.42 Å². The summed E-state index contributed by atoms with van der Waals surface area (Å²) in [5, 5.41) is 3.59. The zero-order valence-corrected chi connectivity index (χ0v) is 17.9. The molecule has 0 unspecified atom stereocenters. The Balaban J connectivity index is 1.95. The zero-order chi connectivity index (χ0) is 20.8. The number of hydrogen-bond acceptors (Lipinski definition) is 4. The van der Waals surface area contributed by atoms with Crippen molar-refractivity contribution in [3.63, 3.8) is 0 Å². The molecule has 2 rings (SSSR count). The molecule has 2 aromatic carbocycles. The first-order chi connectivity index (χ1) is 13.2. The lowest BCUT2D eigenvalue weighted by atomic mass is 9.75. The van der Waals surface area contributed by atoms with E-state index in [4.69, 9.17) is 16.3 Å². The lowest BCUT2D eigenvalue weighted by molar-refractivity contribution is -0.127. The molecule has 0 spiro atoms. The van der Waals surface area contributed by atoms with Gasteiger partial charge < -0.3 is 10.1 Å². The van der Waals surface area contributed by atoms with Crippen LogP contribution in [0.25, 0.3) is 0 Å². The van der Waals surface area contributed by atoms with E-state index in [-0.39, 0.29) is 17.4 Å². The number of amides is 1. The van der Waals surface area contributed by atoms with Crippen LogP contribution in [0.4, 0.5) is 0 Å². The fourth-order valence-electron chi connectivity index (χ4n) is 3.17. The molecule has 0 fully saturated rings. The molecule has 0 radical (unpaired) electrons. The summed E-state index contributed by atoms with van der Waals surface area (Å²) in [4.78, 5) is 13.2. The Morgan fingerprint density at radius 1 is 1.04 bits per heavy atom. The number of carbonyl (C=O) groups excluding carboxylic acids is 1. The first-order valence-corrected chi connectivity index (χ1v) is 11.5. The van der Waals surface area contributed by atoms with E-state index in [2.05, 4.69) is 5.32 Å². The molecule has 0 aromatic heterocycles. The molecule has 0 heterocycles. The van der Waals surface area contributed by atoms with Gasteiger partial charge in [-0.2, -0.15) is 0 Å². The van der Waals surface area contributed by atoms with Gasteiger partial charge in [0.25, 0.3) is 0 Å². The van der Waals surface area contributed by atoms with Gasteiger partial charge in [-0.3, -0.25) is 4.79 Å². The van der Waals surface area contributed by atoms with E-state index in [1.165, 1.54) is 12.1 Å². The predicted octanol–water partition coefficient (Wildman–Crippen LogP) is 4.00. The Bertz CT molecular complexity index is 889. The molecule has 0 saturated carbocycles. The third-order valence-electron chi connectivity index (χ3n) is 4.95. The van der Waals surface area contributed by atoms with Crippen molar-refractivity contribution in [2.75, 3.05) is 19.4 Å². The molecule has 5 nitrogen and oxygen atoms in total. The highest BCUT2D eigenvalue weighted by Crippen LogP contribution is 2.32. The third-order valence-corrected chi connectivity index (χ3v) is 6.33. The van der Waals surface area contributed by atoms with Gasteiger partial charge in [0.15, 0.2) is 9.84 Å². The van der Waals surface area contributed by atoms with Gasteiger partial charge in [0.05, 0.1) is 16.9 Å². The average molecular weight is 424 g/mol. The summed E-state index contributed by atoms with van der Waals surface area (Å²) in [6.07, 6.45) is 2.50. The summed E-state index contributed by atoms with van der Waals surface area (Å²) in [7, 11) is -3.23. The minimum Gasteiger partial charge on any atom is -0.492 e. The SMILES string of the molecule is CCC(CC)(C(=O)NCCOc1ccc(S(C)(=O)=O)cc1)c1ccc(Cl)cc1. The van der Waals surface area contributed by atoms with E-state index < -0.39 is 15.3 Å². The zero-order valence-electron chi connectivity index (χ0n) is 16.4. The minimum atomic E-state index is -3.23. The number of halogens is 1. The quantitative estimate of drug-likeness (QED) is 0.619. The predicted molar refractivity (Wildman–Crippen MR) is 112 cm³/mol. The molecule has 1 amide bonds. The molecule has 152 valence electrons. The van der Waals surface area contributed by atoms with E-state index in [1.807, 2.05) is 26.0 Å². The molecule has 0 bridgehead atoms. The van der Waals surface area contributed by atoms with Gasteiger partial charge >= 0.3 is 0 Å². The number of carbonyl (C=O) groups is 1. The molecule has 2 aromatic rings. The summed E-state index contributed by atoms with van der Waals surface area (Å²) in [5.74, 6) is 0.507. The highest BCUT2D eigenvalue weighted by atomic mass is 35.5. The molecular formula is C21H26ClNO4S. The van der Waals surface area contributed by atoms with Crippen LogP contribution >= 0.6 is 11.6 Å². The van der Waals surface area contributed by atoms with E-state index in [1.54, 1.807) is 24.3 Å². The second-order valence-corrected chi connectivity index (χ2v) is 9.10. The lowest BCUT2D eigenvalue weighted by Crippen LogP contribution is -2.45. The topological polar surface area (TPSA) is 72.5 Å². The lowest BCUT2D eigenvalue weighted by Gasteiger charge is -2.31. The van der Waals surface area contributed by atoms with Crippen molar-refractivity contribution >= 4 is 27.3 Å². The van der Waals surface area contributed by atoms with Crippen LogP contribution in [0.3, 0.4) is 0 Å². The maximum absolute atomic E-state index is 12.9. The molecule has 0 atom stereocenters. The second kappa shape index (κ2) is 9.43. The highest BCUT2D eigenvalue weighted by Gasteiger charge is 2.36. The monoisotopic (exact) mass is 423 g/mol. The van der Waals surface area contributed by atoms with Crippen molar-refractivity contribution in [1.29, 1.82) is 0 Å². The molecule has 1 N–H and O–H groups in total. The third kappa shape index (κ3) is 5.26. The largest absolute Gasteiger partial charge is 0.492 e. The molecule has 7 heteroatoms. The molecule has 0 saturated heterocycles. The van der Waals surface area contributed by atoms with Crippen LogP contribution in [0, 0.1) is 0 Å². The van der Waals surface area contributed by atoms with Gasteiger partial charge in [-0.05, 0) is 54.8 Å². The number of hydrogen-bond donors (Lipinski definition) is 1. The number of nitrogens with one attached hydrogen (secondary N) is 1. The highest BCUT2D eigenvalue weighted by molar-refractivity contribution is 7.90. The Morgan fingerprint density at radius 2 is 1.61 bits per heavy atom. The summed E-state index contributed by atoms with van der Waals surface area (Å²) in [6.45, 7) is 4.63. The second-order valence-electron chi connectivity index (χ2n) is 6.64. The fourth-order valence-corrected chi connectivity index (χ4v) is 3.92. The van der Waals surface area contributed by atoms with E-state index in [0.29, 0.717) is 30.2 Å². The van der Waals surface area contributed by atoms with Gasteiger partial charge in [0.1, 0.15) is 12.4 Å². The van der Waals surface area contributed by atoms with Gasteiger partial charge in [-0.15, -0.1) is 0 Å². The maximum atomic E-state index is 12.9.